The van der Waals surface area contributed by atoms with Gasteiger partial charge in [0, 0.05) is 28.8 Å². The van der Waals surface area contributed by atoms with Gasteiger partial charge in [-0.1, -0.05) is 154 Å². The molecule has 0 heterocycles. The number of phenolic OH excluding ortho intramolecular Hbond substituents is 1. The van der Waals surface area contributed by atoms with E-state index in [0.717, 1.165) is 34.4 Å². The van der Waals surface area contributed by atoms with Crippen molar-refractivity contribution in [1.82, 2.24) is 0 Å². The number of hydrogen-bond donors (Lipinski definition) is 2. The fourth-order valence-electron chi connectivity index (χ4n) is 6.49. The lowest BCUT2D eigenvalue weighted by Gasteiger charge is -2.37. The van der Waals surface area contributed by atoms with Gasteiger partial charge in [0.25, 0.3) is 0 Å². The van der Waals surface area contributed by atoms with Crippen LogP contribution in [0, 0.1) is 5.92 Å². The van der Waals surface area contributed by atoms with Crippen LogP contribution in [0.25, 0.3) is 27.8 Å². The summed E-state index contributed by atoms with van der Waals surface area (Å²) in [6.45, 7) is 8.56. The minimum atomic E-state index is -0.225. The molecule has 0 bridgehead atoms. The van der Waals surface area contributed by atoms with Gasteiger partial charge in [-0.05, 0) is 69.1 Å². The lowest BCUT2D eigenvalue weighted by molar-refractivity contribution is 0.444. The number of para-hydroxylation sites is 1. The standard InChI is InChI=1S/C43H39NO/c1-4-5-15-31(2)43(3,34-16-7-6-8-17-34)41-22-13-11-19-38(41)33-26-29-36(30-33)44-35-27-24-32(25-28-35)37-18-9-10-20-39(37)40-21-12-14-23-42(40)45/h4-29,31,44-45H,1,30H2,2-3H3/b15-5-. The summed E-state index contributed by atoms with van der Waals surface area (Å²) in [4.78, 5) is 0. The largest absolute Gasteiger partial charge is 0.507 e. The smallest absolute Gasteiger partial charge is 0.123 e. The second-order valence-electron chi connectivity index (χ2n) is 11.8. The first-order valence-electron chi connectivity index (χ1n) is 15.6. The minimum Gasteiger partial charge on any atom is -0.507 e. The Morgan fingerprint density at radius 1 is 0.711 bits per heavy atom. The van der Waals surface area contributed by atoms with Gasteiger partial charge in [-0.15, -0.1) is 0 Å². The molecule has 0 spiro atoms. The van der Waals surface area contributed by atoms with E-state index in [1.807, 2.05) is 36.4 Å². The zero-order chi connectivity index (χ0) is 31.2. The molecule has 2 atom stereocenters. The van der Waals surface area contributed by atoms with Crippen LogP contribution >= 0.6 is 0 Å². The highest BCUT2D eigenvalue weighted by atomic mass is 16.3. The third-order valence-electron chi connectivity index (χ3n) is 9.14. The number of rotatable bonds is 10. The molecule has 6 rings (SSSR count). The molecule has 0 aromatic heterocycles. The Hall–Kier alpha value is -5.34. The number of hydrogen-bond acceptors (Lipinski definition) is 2. The molecule has 45 heavy (non-hydrogen) atoms. The van der Waals surface area contributed by atoms with Crippen molar-refractivity contribution in [2.75, 3.05) is 5.32 Å². The molecule has 2 N–H and O–H groups in total. The van der Waals surface area contributed by atoms with Crippen LogP contribution in [0.4, 0.5) is 5.69 Å². The Morgan fingerprint density at radius 2 is 1.33 bits per heavy atom. The molecule has 0 saturated carbocycles. The third kappa shape index (κ3) is 6.05. The van der Waals surface area contributed by atoms with E-state index in [-0.39, 0.29) is 17.1 Å². The van der Waals surface area contributed by atoms with Gasteiger partial charge in [0.05, 0.1) is 0 Å². The van der Waals surface area contributed by atoms with Crippen molar-refractivity contribution >= 4 is 11.3 Å². The fraction of sp³-hybridized carbons (Fsp3) is 0.116. The van der Waals surface area contributed by atoms with Crippen molar-refractivity contribution in [1.29, 1.82) is 0 Å². The van der Waals surface area contributed by atoms with Gasteiger partial charge in [-0.25, -0.2) is 0 Å². The van der Waals surface area contributed by atoms with Crippen LogP contribution in [0.2, 0.25) is 0 Å². The number of allylic oxidation sites excluding steroid dienone is 6. The third-order valence-corrected chi connectivity index (χ3v) is 9.14. The molecule has 0 amide bonds. The molecular formula is C43H39NO. The first kappa shape index (κ1) is 29.7. The summed E-state index contributed by atoms with van der Waals surface area (Å²) in [6, 6.07) is 44.0. The average Bonchev–Trinajstić information content (AvgIpc) is 3.56. The van der Waals surface area contributed by atoms with Crippen molar-refractivity contribution in [3.63, 3.8) is 0 Å². The van der Waals surface area contributed by atoms with E-state index in [0.29, 0.717) is 0 Å². The van der Waals surface area contributed by atoms with E-state index in [2.05, 4.69) is 141 Å². The summed E-state index contributed by atoms with van der Waals surface area (Å²) in [7, 11) is 0. The molecular weight excluding hydrogens is 546 g/mol. The molecule has 5 aromatic rings. The number of aromatic hydroxyl groups is 1. The second-order valence-corrected chi connectivity index (χ2v) is 11.8. The van der Waals surface area contributed by atoms with E-state index in [1.54, 1.807) is 6.07 Å². The maximum atomic E-state index is 10.5. The van der Waals surface area contributed by atoms with Crippen LogP contribution < -0.4 is 5.32 Å². The molecule has 2 nitrogen and oxygen atoms in total. The van der Waals surface area contributed by atoms with E-state index in [9.17, 15) is 5.11 Å². The molecule has 0 fully saturated rings. The van der Waals surface area contributed by atoms with Gasteiger partial charge >= 0.3 is 0 Å². The van der Waals surface area contributed by atoms with Gasteiger partial charge < -0.3 is 10.4 Å². The van der Waals surface area contributed by atoms with E-state index in [1.165, 1.54) is 28.0 Å². The lowest BCUT2D eigenvalue weighted by Crippen LogP contribution is -2.32. The predicted molar refractivity (Wildman–Crippen MR) is 191 cm³/mol. The van der Waals surface area contributed by atoms with Crippen LogP contribution in [0.1, 0.15) is 37.0 Å². The number of nitrogens with one attached hydrogen (secondary N) is 1. The van der Waals surface area contributed by atoms with Crippen molar-refractivity contribution in [3.05, 3.63) is 187 Å². The Labute approximate surface area is 267 Å². The fourth-order valence-corrected chi connectivity index (χ4v) is 6.49. The SMILES string of the molecule is C=C/C=C\C(C)C(C)(c1ccccc1)c1ccccc1C1=CC=C(Nc2ccc(-c3ccccc3-c3ccccc3O)cc2)C1. The normalized spacial score (nSPS) is 14.8. The molecule has 2 unspecified atom stereocenters. The molecule has 0 saturated heterocycles. The summed E-state index contributed by atoms with van der Waals surface area (Å²) < 4.78 is 0. The highest BCUT2D eigenvalue weighted by Crippen LogP contribution is 2.44. The maximum absolute atomic E-state index is 10.5. The number of anilines is 1. The first-order valence-corrected chi connectivity index (χ1v) is 15.6. The summed E-state index contributed by atoms with van der Waals surface area (Å²) in [6.07, 6.45) is 11.5. The summed E-state index contributed by atoms with van der Waals surface area (Å²) in [5, 5.41) is 14.2. The highest BCUT2D eigenvalue weighted by Gasteiger charge is 2.36. The Bertz CT molecular complexity index is 1890. The second kappa shape index (κ2) is 13.1. The van der Waals surface area contributed by atoms with Crippen molar-refractivity contribution < 1.29 is 5.11 Å². The molecule has 222 valence electrons. The lowest BCUT2D eigenvalue weighted by atomic mass is 9.66. The molecule has 0 aliphatic heterocycles. The number of phenols is 1. The molecule has 1 aliphatic carbocycles. The molecule has 2 heteroatoms. The van der Waals surface area contributed by atoms with Gasteiger partial charge in [0.2, 0.25) is 0 Å². The van der Waals surface area contributed by atoms with Gasteiger partial charge in [0.15, 0.2) is 0 Å². The van der Waals surface area contributed by atoms with Gasteiger partial charge in [0.1, 0.15) is 5.75 Å². The van der Waals surface area contributed by atoms with Gasteiger partial charge in [-0.3, -0.25) is 0 Å². The van der Waals surface area contributed by atoms with Crippen molar-refractivity contribution in [3.8, 4) is 28.0 Å². The zero-order valence-electron chi connectivity index (χ0n) is 25.9. The zero-order valence-corrected chi connectivity index (χ0v) is 25.9. The molecule has 5 aromatic carbocycles. The molecule has 1 aliphatic rings. The van der Waals surface area contributed by atoms with E-state index in [4.69, 9.17) is 0 Å². The number of benzene rings is 5. The van der Waals surface area contributed by atoms with E-state index >= 15 is 0 Å². The summed E-state index contributed by atoms with van der Waals surface area (Å²) >= 11 is 0. The topological polar surface area (TPSA) is 32.3 Å². The monoisotopic (exact) mass is 585 g/mol. The maximum Gasteiger partial charge on any atom is 0.123 e. The predicted octanol–water partition coefficient (Wildman–Crippen LogP) is 11.2. The van der Waals surface area contributed by atoms with Gasteiger partial charge in [-0.2, -0.15) is 0 Å². The minimum absolute atomic E-state index is 0.225. The first-order chi connectivity index (χ1) is 22.0. The Morgan fingerprint density at radius 3 is 2.04 bits per heavy atom. The van der Waals surface area contributed by atoms with Crippen molar-refractivity contribution in [2.24, 2.45) is 5.92 Å². The van der Waals surface area contributed by atoms with Crippen LogP contribution in [-0.4, -0.2) is 5.11 Å². The Balaban J connectivity index is 1.23. The summed E-state index contributed by atoms with van der Waals surface area (Å²) in [5.41, 5.74) is 11.2. The van der Waals surface area contributed by atoms with Crippen LogP contribution in [0.15, 0.2) is 170 Å². The molecule has 0 radical (unpaired) electrons. The quantitative estimate of drug-likeness (QED) is 0.160. The van der Waals surface area contributed by atoms with Crippen LogP contribution in [-0.2, 0) is 5.41 Å². The van der Waals surface area contributed by atoms with Crippen LogP contribution in [0.3, 0.4) is 0 Å². The average molecular weight is 586 g/mol. The highest BCUT2D eigenvalue weighted by molar-refractivity contribution is 5.86. The van der Waals surface area contributed by atoms with Crippen LogP contribution in [0.5, 0.6) is 5.75 Å². The van der Waals surface area contributed by atoms with Crippen molar-refractivity contribution in [2.45, 2.75) is 25.7 Å². The Kier molecular flexibility index (Phi) is 8.66. The summed E-state index contributed by atoms with van der Waals surface area (Å²) in [5.74, 6) is 0.536. The van der Waals surface area contributed by atoms with E-state index < -0.39 is 0 Å².